The van der Waals surface area contributed by atoms with Gasteiger partial charge in [-0.25, -0.2) is 9.97 Å². The van der Waals surface area contributed by atoms with Crippen LogP contribution in [0.25, 0.3) is 33.2 Å². The molecule has 190 valence electrons. The van der Waals surface area contributed by atoms with Crippen LogP contribution in [0.5, 0.6) is 0 Å². The van der Waals surface area contributed by atoms with E-state index in [-0.39, 0.29) is 11.8 Å². The average molecular weight is 502 g/mol. The molecule has 0 aromatic carbocycles. The summed E-state index contributed by atoms with van der Waals surface area (Å²) in [4.78, 5) is 37.4. The summed E-state index contributed by atoms with van der Waals surface area (Å²) >= 11 is 0. The summed E-state index contributed by atoms with van der Waals surface area (Å²) in [5, 5.41) is 1.61. The van der Waals surface area contributed by atoms with Crippen molar-refractivity contribution in [1.29, 1.82) is 0 Å². The molecule has 0 aliphatic carbocycles. The fourth-order valence-electron chi connectivity index (χ4n) is 4.99. The molecular formula is C27H27N5O5. The number of nitrogens with zero attached hydrogens (tertiary/aromatic N) is 5. The molecule has 2 aliphatic rings. The van der Waals surface area contributed by atoms with Gasteiger partial charge in [0, 0.05) is 66.8 Å². The quantitative estimate of drug-likeness (QED) is 0.341. The first-order chi connectivity index (χ1) is 18.1. The topological polar surface area (TPSA) is 101 Å². The number of carbonyl (C=O) groups excluding carboxylic acids is 2. The lowest BCUT2D eigenvalue weighted by atomic mass is 9.96. The van der Waals surface area contributed by atoms with Gasteiger partial charge in [-0.05, 0) is 24.3 Å². The van der Waals surface area contributed by atoms with E-state index in [2.05, 4.69) is 9.97 Å². The highest BCUT2D eigenvalue weighted by Gasteiger charge is 2.39. The second-order valence-electron chi connectivity index (χ2n) is 8.98. The second-order valence-corrected chi connectivity index (χ2v) is 8.98. The van der Waals surface area contributed by atoms with E-state index in [0.29, 0.717) is 75.0 Å². The Balaban J connectivity index is 1.57. The Labute approximate surface area is 213 Å². The normalized spacial score (nSPS) is 18.2. The molecule has 6 heterocycles. The summed E-state index contributed by atoms with van der Waals surface area (Å²) in [5.74, 6) is -0.675. The lowest BCUT2D eigenvalue weighted by Gasteiger charge is -2.08. The predicted octanol–water partition coefficient (Wildman–Crippen LogP) is 2.36. The van der Waals surface area contributed by atoms with Crippen molar-refractivity contribution in [3.63, 3.8) is 0 Å². The van der Waals surface area contributed by atoms with Gasteiger partial charge in [-0.2, -0.15) is 0 Å². The first kappa shape index (κ1) is 23.5. The van der Waals surface area contributed by atoms with Crippen molar-refractivity contribution >= 4 is 45.0 Å². The second kappa shape index (κ2) is 9.89. The number of aromatic nitrogens is 4. The van der Waals surface area contributed by atoms with E-state index in [4.69, 9.17) is 14.2 Å². The van der Waals surface area contributed by atoms with Gasteiger partial charge >= 0.3 is 0 Å². The van der Waals surface area contributed by atoms with Crippen LogP contribution >= 0.6 is 0 Å². The third kappa shape index (κ3) is 4.12. The highest BCUT2D eigenvalue weighted by atomic mass is 16.5. The highest BCUT2D eigenvalue weighted by molar-refractivity contribution is 6.50. The standard InChI is InChI=1S/C27H27N5O5/c1-30-26(33)22-20-16-31(24-18(20)4-2-6-28-24)8-10-35-12-14-37-15-13-36-11-9-32-17-21(23(22)27(30)34)19-5-3-7-29-25(19)32/h2-7,16-17H,8-15H2,1H3. The van der Waals surface area contributed by atoms with Crippen molar-refractivity contribution < 1.29 is 23.8 Å². The summed E-state index contributed by atoms with van der Waals surface area (Å²) in [7, 11) is 1.52. The van der Waals surface area contributed by atoms with Crippen LogP contribution in [0.15, 0.2) is 49.1 Å². The Kier molecular flexibility index (Phi) is 6.29. The molecule has 2 amide bonds. The minimum atomic E-state index is -0.338. The summed E-state index contributed by atoms with van der Waals surface area (Å²) in [6.45, 7) is 3.89. The van der Waals surface area contributed by atoms with Crippen LogP contribution in [0.1, 0.15) is 11.1 Å². The molecule has 0 saturated carbocycles. The smallest absolute Gasteiger partial charge is 0.261 e. The Hall–Kier alpha value is -3.86. The van der Waals surface area contributed by atoms with E-state index < -0.39 is 0 Å². The monoisotopic (exact) mass is 501 g/mol. The van der Waals surface area contributed by atoms with E-state index >= 15 is 0 Å². The van der Waals surface area contributed by atoms with Crippen LogP contribution in [0.2, 0.25) is 0 Å². The van der Waals surface area contributed by atoms with Crippen LogP contribution in [0.4, 0.5) is 0 Å². The lowest BCUT2D eigenvalue weighted by molar-refractivity contribution is -0.134. The first-order valence-corrected chi connectivity index (χ1v) is 12.3. The molecule has 6 rings (SSSR count). The lowest BCUT2D eigenvalue weighted by Crippen LogP contribution is -2.26. The van der Waals surface area contributed by atoms with Gasteiger partial charge in [0.15, 0.2) is 0 Å². The molecule has 4 aromatic rings. The maximum Gasteiger partial charge on any atom is 0.261 e. The van der Waals surface area contributed by atoms with Gasteiger partial charge in [0.05, 0.1) is 50.8 Å². The number of fused-ring (bicyclic) bond motifs is 12. The average Bonchev–Trinajstić information content (AvgIpc) is 3.53. The summed E-state index contributed by atoms with van der Waals surface area (Å²) in [6.07, 6.45) is 7.24. The van der Waals surface area contributed by atoms with Crippen LogP contribution < -0.4 is 0 Å². The largest absolute Gasteiger partial charge is 0.377 e. The summed E-state index contributed by atoms with van der Waals surface area (Å²) in [6, 6.07) is 7.53. The zero-order valence-corrected chi connectivity index (χ0v) is 20.6. The van der Waals surface area contributed by atoms with Gasteiger partial charge < -0.3 is 23.3 Å². The van der Waals surface area contributed by atoms with Crippen LogP contribution in [0.3, 0.4) is 0 Å². The zero-order valence-electron chi connectivity index (χ0n) is 20.6. The molecule has 37 heavy (non-hydrogen) atoms. The van der Waals surface area contributed by atoms with Gasteiger partial charge in [0.1, 0.15) is 11.3 Å². The van der Waals surface area contributed by atoms with E-state index in [1.165, 1.54) is 11.9 Å². The summed E-state index contributed by atoms with van der Waals surface area (Å²) in [5.41, 5.74) is 3.56. The number of hydrogen-bond acceptors (Lipinski definition) is 7. The molecule has 10 nitrogen and oxygen atoms in total. The maximum atomic E-state index is 13.5. The molecule has 10 heteroatoms. The molecular weight excluding hydrogens is 474 g/mol. The molecule has 0 N–H and O–H groups in total. The Morgan fingerprint density at radius 2 is 1.11 bits per heavy atom. The van der Waals surface area contributed by atoms with E-state index in [1.807, 2.05) is 45.8 Å². The number of pyridine rings is 2. The SMILES string of the molecule is CN1C(=O)C2=C(C1=O)c1cn(c3ncccc13)CCOCCOCCOCCn1cc2c2cccnc21. The number of hydrogen-bond donors (Lipinski definition) is 0. The van der Waals surface area contributed by atoms with E-state index in [0.717, 1.165) is 22.1 Å². The molecule has 4 aromatic heterocycles. The Morgan fingerprint density at radius 3 is 1.57 bits per heavy atom. The number of rotatable bonds is 0. The van der Waals surface area contributed by atoms with Crippen molar-refractivity contribution in [2.45, 2.75) is 13.1 Å². The maximum absolute atomic E-state index is 13.5. The zero-order chi connectivity index (χ0) is 25.4. The van der Waals surface area contributed by atoms with Crippen molar-refractivity contribution in [3.8, 4) is 0 Å². The van der Waals surface area contributed by atoms with Crippen LogP contribution in [-0.2, 0) is 36.9 Å². The minimum Gasteiger partial charge on any atom is -0.377 e. The van der Waals surface area contributed by atoms with Crippen molar-refractivity contribution in [1.82, 2.24) is 24.0 Å². The van der Waals surface area contributed by atoms with Crippen molar-refractivity contribution in [2.24, 2.45) is 0 Å². The van der Waals surface area contributed by atoms with Crippen LogP contribution in [-0.4, -0.2) is 82.5 Å². The fraction of sp³-hybridized carbons (Fsp3) is 0.333. The number of ether oxygens (including phenoxy) is 3. The molecule has 2 aliphatic heterocycles. The van der Waals surface area contributed by atoms with E-state index in [9.17, 15) is 9.59 Å². The van der Waals surface area contributed by atoms with Crippen molar-refractivity contribution in [2.75, 3.05) is 46.7 Å². The van der Waals surface area contributed by atoms with Gasteiger partial charge in [0.25, 0.3) is 11.8 Å². The Bertz CT molecular complexity index is 1420. The van der Waals surface area contributed by atoms with Crippen molar-refractivity contribution in [3.05, 3.63) is 60.2 Å². The number of carbonyl (C=O) groups is 2. The van der Waals surface area contributed by atoms with Crippen LogP contribution in [0, 0.1) is 0 Å². The minimum absolute atomic E-state index is 0.338. The van der Waals surface area contributed by atoms with Gasteiger partial charge in [0.2, 0.25) is 0 Å². The van der Waals surface area contributed by atoms with Gasteiger partial charge in [-0.15, -0.1) is 0 Å². The number of likely N-dealkylation sites (N-methyl/N-ethyl adjacent to an activating group) is 1. The number of imide groups is 1. The van der Waals surface area contributed by atoms with Gasteiger partial charge in [-0.3, -0.25) is 14.5 Å². The molecule has 0 saturated heterocycles. The molecule has 0 fully saturated rings. The number of amides is 2. The van der Waals surface area contributed by atoms with Gasteiger partial charge in [-0.1, -0.05) is 0 Å². The van der Waals surface area contributed by atoms with E-state index in [1.54, 1.807) is 12.4 Å². The molecule has 0 spiro atoms. The molecule has 0 unspecified atom stereocenters. The third-order valence-electron chi connectivity index (χ3n) is 6.79. The molecule has 0 radical (unpaired) electrons. The fourth-order valence-corrected chi connectivity index (χ4v) is 4.99. The molecule has 0 atom stereocenters. The third-order valence-corrected chi connectivity index (χ3v) is 6.79. The Morgan fingerprint density at radius 1 is 0.676 bits per heavy atom. The molecule has 4 bridgehead atoms. The summed E-state index contributed by atoms with van der Waals surface area (Å²) < 4.78 is 21.1. The predicted molar refractivity (Wildman–Crippen MR) is 137 cm³/mol. The first-order valence-electron chi connectivity index (χ1n) is 12.3. The highest BCUT2D eigenvalue weighted by Crippen LogP contribution is 2.40.